The third-order valence-corrected chi connectivity index (χ3v) is 7.38. The molecule has 2 aliphatic rings. The van der Waals surface area contributed by atoms with Gasteiger partial charge in [-0.25, -0.2) is 4.79 Å². The number of hydrogen-bond donors (Lipinski definition) is 2. The third-order valence-electron chi connectivity index (χ3n) is 6.21. The monoisotopic (exact) mass is 457 g/mol. The first-order chi connectivity index (χ1) is 15.5. The summed E-state index contributed by atoms with van der Waals surface area (Å²) >= 11 is 1.52. The molecule has 1 fully saturated rings. The summed E-state index contributed by atoms with van der Waals surface area (Å²) in [5, 5.41) is 13.7. The van der Waals surface area contributed by atoms with Crippen molar-refractivity contribution in [3.8, 4) is 5.75 Å². The summed E-state index contributed by atoms with van der Waals surface area (Å²) in [5.41, 5.74) is 2.43. The van der Waals surface area contributed by atoms with Gasteiger partial charge in [-0.2, -0.15) is 0 Å². The van der Waals surface area contributed by atoms with Crippen LogP contribution in [0, 0.1) is 5.92 Å². The molecule has 0 radical (unpaired) electrons. The van der Waals surface area contributed by atoms with Crippen molar-refractivity contribution in [1.29, 1.82) is 0 Å². The SMILES string of the molecule is CCOC(=O)c1c(NC(=O)CN2CCN(c3ccccc3O)CC2)sc2c1CCC(C)C2. The Bertz CT molecular complexity index is 982. The number of nitrogens with zero attached hydrogens (tertiary/aromatic N) is 2. The molecule has 1 aromatic heterocycles. The number of phenolic OH excluding ortho intramolecular Hbond substituents is 1. The highest BCUT2D eigenvalue weighted by molar-refractivity contribution is 7.17. The van der Waals surface area contributed by atoms with Crippen molar-refractivity contribution in [2.45, 2.75) is 33.1 Å². The first-order valence-corrected chi connectivity index (χ1v) is 12.1. The van der Waals surface area contributed by atoms with E-state index in [1.54, 1.807) is 13.0 Å². The first kappa shape index (κ1) is 22.6. The van der Waals surface area contributed by atoms with E-state index < -0.39 is 0 Å². The largest absolute Gasteiger partial charge is 0.506 e. The zero-order valence-electron chi connectivity index (χ0n) is 18.7. The molecule has 4 rings (SSSR count). The standard InChI is InChI=1S/C24H31N3O4S/c1-3-31-24(30)22-17-9-8-16(2)14-20(17)32-23(22)25-21(29)15-26-10-12-27(13-11-26)18-6-4-5-7-19(18)28/h4-7,16,28H,3,8-15H2,1-2H3,(H,25,29). The third kappa shape index (κ3) is 4.91. The van der Waals surface area contributed by atoms with Gasteiger partial charge in [0.2, 0.25) is 5.91 Å². The van der Waals surface area contributed by atoms with E-state index in [1.165, 1.54) is 16.2 Å². The van der Waals surface area contributed by atoms with E-state index in [2.05, 4.69) is 22.0 Å². The molecule has 1 aliphatic heterocycles. The second-order valence-electron chi connectivity index (χ2n) is 8.58. The molecule has 0 spiro atoms. The molecule has 2 heterocycles. The second-order valence-corrected chi connectivity index (χ2v) is 9.68. The van der Waals surface area contributed by atoms with Crippen molar-refractivity contribution in [3.05, 3.63) is 40.3 Å². The fourth-order valence-electron chi connectivity index (χ4n) is 4.51. The zero-order chi connectivity index (χ0) is 22.7. The van der Waals surface area contributed by atoms with Gasteiger partial charge >= 0.3 is 5.97 Å². The Morgan fingerprint density at radius 3 is 2.69 bits per heavy atom. The minimum absolute atomic E-state index is 0.113. The first-order valence-electron chi connectivity index (χ1n) is 11.3. The molecule has 0 saturated carbocycles. The lowest BCUT2D eigenvalue weighted by atomic mass is 9.88. The highest BCUT2D eigenvalue weighted by Crippen LogP contribution is 2.40. The maximum atomic E-state index is 12.8. The van der Waals surface area contributed by atoms with Crippen molar-refractivity contribution in [2.75, 3.05) is 49.5 Å². The predicted molar refractivity (Wildman–Crippen MR) is 127 cm³/mol. The van der Waals surface area contributed by atoms with Gasteiger partial charge in [0.25, 0.3) is 0 Å². The molecule has 1 atom stereocenters. The van der Waals surface area contributed by atoms with E-state index in [-0.39, 0.29) is 24.2 Å². The topological polar surface area (TPSA) is 82.1 Å². The maximum absolute atomic E-state index is 12.8. The number of amides is 1. The Morgan fingerprint density at radius 1 is 1.22 bits per heavy atom. The molecular weight excluding hydrogens is 426 g/mol. The molecule has 7 nitrogen and oxygen atoms in total. The van der Waals surface area contributed by atoms with Crippen LogP contribution in [0.5, 0.6) is 5.75 Å². The van der Waals surface area contributed by atoms with Gasteiger partial charge in [-0.05, 0) is 49.8 Å². The lowest BCUT2D eigenvalue weighted by Crippen LogP contribution is -2.48. The summed E-state index contributed by atoms with van der Waals surface area (Å²) in [6, 6.07) is 7.33. The molecule has 1 aromatic carbocycles. The van der Waals surface area contributed by atoms with Crippen molar-refractivity contribution in [1.82, 2.24) is 4.90 Å². The summed E-state index contributed by atoms with van der Waals surface area (Å²) in [4.78, 5) is 30.9. The summed E-state index contributed by atoms with van der Waals surface area (Å²) in [6.45, 7) is 7.54. The molecule has 172 valence electrons. The lowest BCUT2D eigenvalue weighted by molar-refractivity contribution is -0.117. The average Bonchev–Trinajstić information content (AvgIpc) is 3.11. The molecule has 2 N–H and O–H groups in total. The number of hydrogen-bond acceptors (Lipinski definition) is 7. The summed E-state index contributed by atoms with van der Waals surface area (Å²) in [5.74, 6) is 0.408. The van der Waals surface area contributed by atoms with E-state index in [4.69, 9.17) is 4.74 Å². The number of carbonyl (C=O) groups excluding carboxylic acids is 2. The Balaban J connectivity index is 1.39. The van der Waals surface area contributed by atoms with Crippen LogP contribution in [-0.4, -0.2) is 61.2 Å². The Kier molecular flexibility index (Phi) is 7.01. The number of phenols is 1. The van der Waals surface area contributed by atoms with Crippen LogP contribution in [0.3, 0.4) is 0 Å². The Labute approximate surface area is 193 Å². The zero-order valence-corrected chi connectivity index (χ0v) is 19.5. The van der Waals surface area contributed by atoms with Crippen LogP contribution in [-0.2, 0) is 22.4 Å². The quantitative estimate of drug-likeness (QED) is 0.646. The highest BCUT2D eigenvalue weighted by Gasteiger charge is 2.29. The van der Waals surface area contributed by atoms with Gasteiger partial charge in [0, 0.05) is 31.1 Å². The molecule has 1 amide bonds. The molecular formula is C24H31N3O4S. The van der Waals surface area contributed by atoms with Crippen LogP contribution < -0.4 is 10.2 Å². The number of esters is 1. The molecule has 32 heavy (non-hydrogen) atoms. The molecule has 1 saturated heterocycles. The average molecular weight is 458 g/mol. The number of piperazine rings is 1. The van der Waals surface area contributed by atoms with Gasteiger partial charge < -0.3 is 20.1 Å². The van der Waals surface area contributed by atoms with E-state index >= 15 is 0 Å². The lowest BCUT2D eigenvalue weighted by Gasteiger charge is -2.35. The number of carbonyl (C=O) groups is 2. The van der Waals surface area contributed by atoms with Gasteiger partial charge in [0.15, 0.2) is 0 Å². The fourth-order valence-corrected chi connectivity index (χ4v) is 5.92. The van der Waals surface area contributed by atoms with Crippen LogP contribution in [0.4, 0.5) is 10.7 Å². The minimum atomic E-state index is -0.342. The number of rotatable bonds is 6. The van der Waals surface area contributed by atoms with Crippen molar-refractivity contribution < 1.29 is 19.4 Å². The van der Waals surface area contributed by atoms with Gasteiger partial charge in [-0.3, -0.25) is 9.69 Å². The minimum Gasteiger partial charge on any atom is -0.506 e. The van der Waals surface area contributed by atoms with Crippen molar-refractivity contribution in [3.63, 3.8) is 0 Å². The number of nitrogens with one attached hydrogen (secondary N) is 1. The maximum Gasteiger partial charge on any atom is 0.341 e. The summed E-state index contributed by atoms with van der Waals surface area (Å²) in [7, 11) is 0. The molecule has 0 bridgehead atoms. The number of anilines is 2. The van der Waals surface area contributed by atoms with E-state index in [1.807, 2.05) is 18.2 Å². The second kappa shape index (κ2) is 9.92. The predicted octanol–water partition coefficient (Wildman–Crippen LogP) is 3.52. The van der Waals surface area contributed by atoms with Gasteiger partial charge in [-0.1, -0.05) is 19.1 Å². The van der Waals surface area contributed by atoms with E-state index in [0.29, 0.717) is 23.1 Å². The normalized spacial score (nSPS) is 18.8. The fraction of sp³-hybridized carbons (Fsp3) is 0.500. The van der Waals surface area contributed by atoms with Crippen LogP contribution >= 0.6 is 11.3 Å². The number of thiophene rings is 1. The summed E-state index contributed by atoms with van der Waals surface area (Å²) < 4.78 is 5.29. The van der Waals surface area contributed by atoms with Crippen LogP contribution in [0.15, 0.2) is 24.3 Å². The molecule has 8 heteroatoms. The number of benzene rings is 1. The van der Waals surface area contributed by atoms with E-state index in [9.17, 15) is 14.7 Å². The molecule has 1 aliphatic carbocycles. The number of aromatic hydroxyl groups is 1. The Hall–Kier alpha value is -2.58. The van der Waals surface area contributed by atoms with Crippen LogP contribution in [0.2, 0.25) is 0 Å². The number of para-hydroxylation sites is 2. The van der Waals surface area contributed by atoms with Gasteiger partial charge in [-0.15, -0.1) is 11.3 Å². The van der Waals surface area contributed by atoms with Crippen molar-refractivity contribution >= 4 is 33.9 Å². The van der Waals surface area contributed by atoms with Crippen LogP contribution in [0.25, 0.3) is 0 Å². The highest BCUT2D eigenvalue weighted by atomic mass is 32.1. The number of fused-ring (bicyclic) bond motifs is 1. The smallest absolute Gasteiger partial charge is 0.341 e. The summed E-state index contributed by atoms with van der Waals surface area (Å²) in [6.07, 6.45) is 2.84. The van der Waals surface area contributed by atoms with Gasteiger partial charge in [0.1, 0.15) is 10.8 Å². The van der Waals surface area contributed by atoms with Crippen molar-refractivity contribution in [2.24, 2.45) is 5.92 Å². The molecule has 1 unspecified atom stereocenters. The van der Waals surface area contributed by atoms with E-state index in [0.717, 1.165) is 56.7 Å². The molecule has 2 aromatic rings. The Morgan fingerprint density at radius 2 is 1.97 bits per heavy atom. The van der Waals surface area contributed by atoms with Gasteiger partial charge in [0.05, 0.1) is 24.4 Å². The number of ether oxygens (including phenoxy) is 1. The van der Waals surface area contributed by atoms with Crippen LogP contribution in [0.1, 0.15) is 41.1 Å².